The first-order valence-corrected chi connectivity index (χ1v) is 7.41. The SMILES string of the molecule is Cc1ccc(OC2CCN(C(=O)OC(C)(C)C)CC2)nc1. The molecule has 1 saturated heterocycles. The summed E-state index contributed by atoms with van der Waals surface area (Å²) >= 11 is 0. The molecule has 0 radical (unpaired) electrons. The number of piperidine rings is 1. The van der Waals surface area contributed by atoms with Crippen molar-refractivity contribution >= 4 is 6.09 Å². The van der Waals surface area contributed by atoms with Crippen molar-refractivity contribution in [2.75, 3.05) is 13.1 Å². The van der Waals surface area contributed by atoms with Gasteiger partial charge >= 0.3 is 6.09 Å². The number of nitrogens with zero attached hydrogens (tertiary/aromatic N) is 2. The molecular formula is C16H24N2O3. The highest BCUT2D eigenvalue weighted by Crippen LogP contribution is 2.19. The zero-order chi connectivity index (χ0) is 15.5. The molecule has 1 amide bonds. The average molecular weight is 292 g/mol. The van der Waals surface area contributed by atoms with Crippen LogP contribution >= 0.6 is 0 Å². The Morgan fingerprint density at radius 2 is 1.95 bits per heavy atom. The first kappa shape index (κ1) is 15.6. The smallest absolute Gasteiger partial charge is 0.410 e. The summed E-state index contributed by atoms with van der Waals surface area (Å²) in [6.45, 7) is 8.95. The minimum Gasteiger partial charge on any atom is -0.474 e. The molecule has 0 unspecified atom stereocenters. The van der Waals surface area contributed by atoms with Gasteiger partial charge in [0.15, 0.2) is 0 Å². The molecule has 1 aliphatic heterocycles. The molecule has 2 heterocycles. The Bertz CT molecular complexity index is 471. The third kappa shape index (κ3) is 4.92. The molecule has 1 aliphatic rings. The summed E-state index contributed by atoms with van der Waals surface area (Å²) in [6, 6.07) is 3.87. The van der Waals surface area contributed by atoms with Crippen LogP contribution in [0.3, 0.4) is 0 Å². The number of carbonyl (C=O) groups is 1. The summed E-state index contributed by atoms with van der Waals surface area (Å²) in [6.07, 6.45) is 3.27. The molecule has 116 valence electrons. The maximum atomic E-state index is 12.0. The zero-order valence-corrected chi connectivity index (χ0v) is 13.3. The molecule has 0 saturated carbocycles. The van der Waals surface area contributed by atoms with E-state index >= 15 is 0 Å². The van der Waals surface area contributed by atoms with Crippen molar-refractivity contribution in [3.8, 4) is 5.88 Å². The van der Waals surface area contributed by atoms with Gasteiger partial charge in [0.25, 0.3) is 0 Å². The van der Waals surface area contributed by atoms with E-state index in [1.54, 1.807) is 11.1 Å². The highest BCUT2D eigenvalue weighted by atomic mass is 16.6. The van der Waals surface area contributed by atoms with Crippen molar-refractivity contribution in [2.45, 2.75) is 52.2 Å². The number of rotatable bonds is 2. The quantitative estimate of drug-likeness (QED) is 0.840. The van der Waals surface area contributed by atoms with Crippen LogP contribution in [0.5, 0.6) is 5.88 Å². The highest BCUT2D eigenvalue weighted by Gasteiger charge is 2.27. The van der Waals surface area contributed by atoms with Crippen molar-refractivity contribution in [3.05, 3.63) is 23.9 Å². The van der Waals surface area contributed by atoms with Gasteiger partial charge in [-0.05, 0) is 33.3 Å². The fourth-order valence-corrected chi connectivity index (χ4v) is 2.18. The van der Waals surface area contributed by atoms with Gasteiger partial charge in [0.1, 0.15) is 11.7 Å². The summed E-state index contributed by atoms with van der Waals surface area (Å²) in [7, 11) is 0. The normalized spacial score (nSPS) is 16.7. The lowest BCUT2D eigenvalue weighted by Gasteiger charge is -2.33. The van der Waals surface area contributed by atoms with Crippen LogP contribution in [0.25, 0.3) is 0 Å². The largest absolute Gasteiger partial charge is 0.474 e. The molecule has 5 nitrogen and oxygen atoms in total. The number of ether oxygens (including phenoxy) is 2. The molecule has 0 N–H and O–H groups in total. The van der Waals surface area contributed by atoms with Gasteiger partial charge in [-0.25, -0.2) is 9.78 Å². The Morgan fingerprint density at radius 3 is 2.48 bits per heavy atom. The maximum absolute atomic E-state index is 12.0. The first-order valence-electron chi connectivity index (χ1n) is 7.41. The molecule has 0 aliphatic carbocycles. The van der Waals surface area contributed by atoms with Crippen molar-refractivity contribution in [2.24, 2.45) is 0 Å². The van der Waals surface area contributed by atoms with Crippen LogP contribution in [0.1, 0.15) is 39.2 Å². The monoisotopic (exact) mass is 292 g/mol. The summed E-state index contributed by atoms with van der Waals surface area (Å²) in [5.41, 5.74) is 0.665. The number of likely N-dealkylation sites (tertiary alicyclic amines) is 1. The minimum absolute atomic E-state index is 0.110. The van der Waals surface area contributed by atoms with Gasteiger partial charge in [0, 0.05) is 38.2 Å². The van der Waals surface area contributed by atoms with Gasteiger partial charge in [-0.2, -0.15) is 0 Å². The lowest BCUT2D eigenvalue weighted by molar-refractivity contribution is 0.0123. The lowest BCUT2D eigenvalue weighted by atomic mass is 10.1. The Hall–Kier alpha value is -1.78. The van der Waals surface area contributed by atoms with Crippen LogP contribution in [0.4, 0.5) is 4.79 Å². The fraction of sp³-hybridized carbons (Fsp3) is 0.625. The summed E-state index contributed by atoms with van der Waals surface area (Å²) in [5.74, 6) is 0.649. The van der Waals surface area contributed by atoms with E-state index in [0.29, 0.717) is 19.0 Å². The second-order valence-corrected chi connectivity index (χ2v) is 6.46. The molecule has 21 heavy (non-hydrogen) atoms. The van der Waals surface area contributed by atoms with Gasteiger partial charge in [-0.1, -0.05) is 6.07 Å². The van der Waals surface area contributed by atoms with Crippen molar-refractivity contribution in [1.82, 2.24) is 9.88 Å². The number of aryl methyl sites for hydroxylation is 1. The van der Waals surface area contributed by atoms with E-state index < -0.39 is 5.60 Å². The Morgan fingerprint density at radius 1 is 1.29 bits per heavy atom. The first-order chi connectivity index (χ1) is 9.83. The third-order valence-electron chi connectivity index (χ3n) is 3.27. The van der Waals surface area contributed by atoms with E-state index in [1.807, 2.05) is 39.8 Å². The summed E-state index contributed by atoms with van der Waals surface area (Å²) in [5, 5.41) is 0. The summed E-state index contributed by atoms with van der Waals surface area (Å²) < 4.78 is 11.2. The van der Waals surface area contributed by atoms with E-state index in [9.17, 15) is 4.79 Å². The van der Waals surface area contributed by atoms with Crippen molar-refractivity contribution in [3.63, 3.8) is 0 Å². The van der Waals surface area contributed by atoms with Gasteiger partial charge in [0.05, 0.1) is 0 Å². The van der Waals surface area contributed by atoms with Crippen LogP contribution in [-0.4, -0.2) is 40.8 Å². The van der Waals surface area contributed by atoms with Crippen LogP contribution in [0, 0.1) is 6.92 Å². The number of amides is 1. The second kappa shape index (κ2) is 6.33. The maximum Gasteiger partial charge on any atom is 0.410 e. The zero-order valence-electron chi connectivity index (χ0n) is 13.3. The van der Waals surface area contributed by atoms with E-state index in [0.717, 1.165) is 18.4 Å². The topological polar surface area (TPSA) is 51.7 Å². The number of carbonyl (C=O) groups excluding carboxylic acids is 1. The lowest BCUT2D eigenvalue weighted by Crippen LogP contribution is -2.44. The molecule has 1 fully saturated rings. The van der Waals surface area contributed by atoms with Crippen LogP contribution < -0.4 is 4.74 Å². The van der Waals surface area contributed by atoms with Gasteiger partial charge < -0.3 is 14.4 Å². The molecule has 0 bridgehead atoms. The van der Waals surface area contributed by atoms with Gasteiger partial charge in [-0.15, -0.1) is 0 Å². The van der Waals surface area contributed by atoms with Crippen LogP contribution in [0.2, 0.25) is 0 Å². The number of pyridine rings is 1. The number of hydrogen-bond acceptors (Lipinski definition) is 4. The highest BCUT2D eigenvalue weighted by molar-refractivity contribution is 5.68. The molecular weight excluding hydrogens is 268 g/mol. The minimum atomic E-state index is -0.448. The van der Waals surface area contributed by atoms with Gasteiger partial charge in [-0.3, -0.25) is 0 Å². The standard InChI is InChI=1S/C16H24N2O3/c1-12-5-6-14(17-11-12)20-13-7-9-18(10-8-13)15(19)21-16(2,3)4/h5-6,11,13H,7-10H2,1-4H3. The van der Waals surface area contributed by atoms with Crippen molar-refractivity contribution < 1.29 is 14.3 Å². The van der Waals surface area contributed by atoms with E-state index in [4.69, 9.17) is 9.47 Å². The number of aromatic nitrogens is 1. The van der Waals surface area contributed by atoms with E-state index in [2.05, 4.69) is 4.98 Å². The molecule has 1 aromatic rings. The molecule has 0 atom stereocenters. The van der Waals surface area contributed by atoms with Crippen molar-refractivity contribution in [1.29, 1.82) is 0 Å². The predicted octanol–water partition coefficient (Wildman–Crippen LogP) is 3.17. The molecule has 0 spiro atoms. The Kier molecular flexibility index (Phi) is 4.70. The summed E-state index contributed by atoms with van der Waals surface area (Å²) in [4.78, 5) is 18.0. The van der Waals surface area contributed by atoms with Crippen LogP contribution in [0.15, 0.2) is 18.3 Å². The Balaban J connectivity index is 1.80. The average Bonchev–Trinajstić information content (AvgIpc) is 2.40. The third-order valence-corrected chi connectivity index (χ3v) is 3.27. The Labute approximate surface area is 126 Å². The molecule has 2 rings (SSSR count). The van der Waals surface area contributed by atoms with E-state index in [-0.39, 0.29) is 12.2 Å². The number of hydrogen-bond donors (Lipinski definition) is 0. The molecule has 1 aromatic heterocycles. The molecule has 0 aromatic carbocycles. The van der Waals surface area contributed by atoms with Gasteiger partial charge in [0.2, 0.25) is 5.88 Å². The predicted molar refractivity (Wildman–Crippen MR) is 80.4 cm³/mol. The second-order valence-electron chi connectivity index (χ2n) is 6.46. The van der Waals surface area contributed by atoms with Crippen LogP contribution in [-0.2, 0) is 4.74 Å². The molecule has 5 heteroatoms. The fourth-order valence-electron chi connectivity index (χ4n) is 2.18. The van der Waals surface area contributed by atoms with E-state index in [1.165, 1.54) is 0 Å².